The number of fused-ring (bicyclic) bond motifs is 1. The molecule has 174 valence electrons. The van der Waals surface area contributed by atoms with Crippen molar-refractivity contribution >= 4 is 56.2 Å². The summed E-state index contributed by atoms with van der Waals surface area (Å²) in [6, 6.07) is 23.6. The number of rotatable bonds is 5. The first-order chi connectivity index (χ1) is 17.1. The van der Waals surface area contributed by atoms with Crippen LogP contribution in [0.1, 0.15) is 23.5 Å². The highest BCUT2D eigenvalue weighted by molar-refractivity contribution is 7.80. The Morgan fingerprint density at radius 2 is 1.91 bits per heavy atom. The first-order valence-electron chi connectivity index (χ1n) is 11.0. The van der Waals surface area contributed by atoms with E-state index >= 15 is 0 Å². The number of thiocarbonyl (C=S) groups is 1. The van der Waals surface area contributed by atoms with Crippen molar-refractivity contribution in [3.05, 3.63) is 102 Å². The molecule has 1 fully saturated rings. The van der Waals surface area contributed by atoms with Gasteiger partial charge in [-0.2, -0.15) is 0 Å². The Morgan fingerprint density at radius 3 is 2.69 bits per heavy atom. The quantitative estimate of drug-likeness (QED) is 0.275. The topological polar surface area (TPSA) is 55.2 Å². The van der Waals surface area contributed by atoms with Gasteiger partial charge < -0.3 is 15.0 Å². The molecular formula is C26H20ClN5OS2. The van der Waals surface area contributed by atoms with Gasteiger partial charge in [0.1, 0.15) is 11.8 Å². The maximum Gasteiger partial charge on any atom is 0.194 e. The second-order valence-corrected chi connectivity index (χ2v) is 9.89. The molecule has 9 heteroatoms. The van der Waals surface area contributed by atoms with Gasteiger partial charge in [0.25, 0.3) is 0 Å². The predicted octanol–water partition coefficient (Wildman–Crippen LogP) is 6.32. The summed E-state index contributed by atoms with van der Waals surface area (Å²) in [4.78, 5) is 11.6. The van der Waals surface area contributed by atoms with Gasteiger partial charge in [-0.25, -0.2) is 4.98 Å². The molecule has 0 saturated carbocycles. The number of ether oxygens (including phenoxy) is 1. The Kier molecular flexibility index (Phi) is 5.64. The van der Waals surface area contributed by atoms with Crippen LogP contribution in [0.25, 0.3) is 15.3 Å². The lowest BCUT2D eigenvalue weighted by molar-refractivity contribution is 0.415. The Hall–Kier alpha value is -3.46. The third kappa shape index (κ3) is 3.83. The van der Waals surface area contributed by atoms with Crippen molar-refractivity contribution < 1.29 is 4.74 Å². The third-order valence-electron chi connectivity index (χ3n) is 6.08. The number of methoxy groups -OCH3 is 1. The monoisotopic (exact) mass is 517 g/mol. The molecule has 0 bridgehead atoms. The first kappa shape index (κ1) is 22.0. The third-order valence-corrected chi connectivity index (χ3v) is 7.73. The van der Waals surface area contributed by atoms with Crippen molar-refractivity contribution in [2.24, 2.45) is 0 Å². The maximum atomic E-state index is 6.51. The molecule has 6 rings (SSSR count). The van der Waals surface area contributed by atoms with E-state index < -0.39 is 0 Å². The molecule has 1 saturated heterocycles. The highest BCUT2D eigenvalue weighted by Gasteiger charge is 2.42. The molecular weight excluding hydrogens is 498 g/mol. The summed E-state index contributed by atoms with van der Waals surface area (Å²) in [6.07, 6.45) is 3.85. The molecule has 1 N–H and O–H groups in total. The van der Waals surface area contributed by atoms with E-state index in [1.807, 2.05) is 66.9 Å². The number of pyridine rings is 1. The lowest BCUT2D eigenvalue weighted by Gasteiger charge is -2.28. The summed E-state index contributed by atoms with van der Waals surface area (Å²) in [7, 11) is 1.60. The van der Waals surface area contributed by atoms with Crippen molar-refractivity contribution in [1.29, 1.82) is 0 Å². The van der Waals surface area contributed by atoms with Gasteiger partial charge in [0, 0.05) is 18.1 Å². The van der Waals surface area contributed by atoms with E-state index in [1.165, 1.54) is 0 Å². The molecule has 2 aromatic carbocycles. The molecule has 5 aromatic rings. The van der Waals surface area contributed by atoms with Gasteiger partial charge in [-0.1, -0.05) is 41.1 Å². The number of aromatic nitrogens is 3. The molecule has 3 aromatic heterocycles. The van der Waals surface area contributed by atoms with Crippen molar-refractivity contribution in [1.82, 2.24) is 19.9 Å². The van der Waals surface area contributed by atoms with Crippen LogP contribution in [0.4, 0.5) is 5.69 Å². The molecule has 35 heavy (non-hydrogen) atoms. The van der Waals surface area contributed by atoms with Gasteiger partial charge in [0.05, 0.1) is 39.8 Å². The molecule has 0 radical (unpaired) electrons. The molecule has 6 nitrogen and oxygen atoms in total. The van der Waals surface area contributed by atoms with E-state index in [9.17, 15) is 0 Å². The van der Waals surface area contributed by atoms with Gasteiger partial charge >= 0.3 is 0 Å². The summed E-state index contributed by atoms with van der Waals surface area (Å²) in [5.41, 5.74) is 3.79. The smallest absolute Gasteiger partial charge is 0.194 e. The van der Waals surface area contributed by atoms with Crippen LogP contribution in [0.15, 0.2) is 85.2 Å². The van der Waals surface area contributed by atoms with E-state index in [0.717, 1.165) is 32.4 Å². The zero-order chi connectivity index (χ0) is 23.9. The van der Waals surface area contributed by atoms with Crippen molar-refractivity contribution in [3.63, 3.8) is 0 Å². The van der Waals surface area contributed by atoms with Gasteiger partial charge in [0.15, 0.2) is 10.2 Å². The SMILES string of the molecule is COc1ccc(N2C(=S)N[C@H](c3ccccn3)[C@H]2c2cccn2-c2nc3ccccc3s2)cc1Cl. The van der Waals surface area contributed by atoms with Gasteiger partial charge in [-0.15, -0.1) is 0 Å². The van der Waals surface area contributed by atoms with Gasteiger partial charge in [-0.3, -0.25) is 9.55 Å². The minimum Gasteiger partial charge on any atom is -0.495 e. The lowest BCUT2D eigenvalue weighted by Crippen LogP contribution is -2.30. The summed E-state index contributed by atoms with van der Waals surface area (Å²) >= 11 is 14.0. The van der Waals surface area contributed by atoms with Crippen molar-refractivity contribution in [2.45, 2.75) is 12.1 Å². The molecule has 0 unspecified atom stereocenters. The van der Waals surface area contributed by atoms with E-state index in [-0.39, 0.29) is 12.1 Å². The van der Waals surface area contributed by atoms with E-state index in [0.29, 0.717) is 15.9 Å². The normalized spacial score (nSPS) is 17.7. The largest absolute Gasteiger partial charge is 0.495 e. The van der Waals surface area contributed by atoms with Crippen LogP contribution in [-0.4, -0.2) is 26.8 Å². The van der Waals surface area contributed by atoms with Crippen LogP contribution in [0.3, 0.4) is 0 Å². The summed E-state index contributed by atoms with van der Waals surface area (Å²) in [6.45, 7) is 0. The van der Waals surface area contributed by atoms with Crippen LogP contribution in [-0.2, 0) is 0 Å². The number of halogens is 1. The highest BCUT2D eigenvalue weighted by Crippen LogP contribution is 2.44. The minimum absolute atomic E-state index is 0.174. The van der Waals surface area contributed by atoms with Crippen molar-refractivity contribution in [3.8, 4) is 10.9 Å². The number of nitrogens with zero attached hydrogens (tertiary/aromatic N) is 4. The standard InChI is InChI=1S/C26H20ClN5OS2/c1-33-21-12-11-16(15-17(21)27)32-24(23(30-25(32)34)19-8-4-5-13-28-19)20-9-6-14-31(20)26-29-18-7-2-3-10-22(18)35-26/h2-15,23-24H,1H3,(H,30,34)/t23-,24-/m1/s1. The summed E-state index contributed by atoms with van der Waals surface area (Å²) in [5, 5.41) is 5.52. The number of benzene rings is 2. The van der Waals surface area contributed by atoms with Crippen LogP contribution >= 0.6 is 35.2 Å². The average Bonchev–Trinajstić information content (AvgIpc) is 3.60. The number of para-hydroxylation sites is 1. The molecule has 0 amide bonds. The Balaban J connectivity index is 1.51. The number of hydrogen-bond donors (Lipinski definition) is 1. The summed E-state index contributed by atoms with van der Waals surface area (Å²) < 4.78 is 8.64. The van der Waals surface area contributed by atoms with Crippen LogP contribution < -0.4 is 15.0 Å². The lowest BCUT2D eigenvalue weighted by atomic mass is 10.0. The van der Waals surface area contributed by atoms with E-state index in [4.69, 9.17) is 33.5 Å². The zero-order valence-electron chi connectivity index (χ0n) is 18.6. The highest BCUT2D eigenvalue weighted by atomic mass is 35.5. The molecule has 2 atom stereocenters. The molecule has 0 aliphatic carbocycles. The molecule has 1 aliphatic heterocycles. The fourth-order valence-electron chi connectivity index (χ4n) is 4.51. The predicted molar refractivity (Wildman–Crippen MR) is 145 cm³/mol. The minimum atomic E-state index is -0.191. The summed E-state index contributed by atoms with van der Waals surface area (Å²) in [5.74, 6) is 0.615. The first-order valence-corrected chi connectivity index (χ1v) is 12.6. The Morgan fingerprint density at radius 1 is 1.06 bits per heavy atom. The van der Waals surface area contributed by atoms with Crippen molar-refractivity contribution in [2.75, 3.05) is 12.0 Å². The Labute approximate surface area is 216 Å². The van der Waals surface area contributed by atoms with Gasteiger partial charge in [-0.05, 0) is 66.8 Å². The van der Waals surface area contributed by atoms with E-state index in [2.05, 4.69) is 31.9 Å². The van der Waals surface area contributed by atoms with E-state index in [1.54, 1.807) is 24.6 Å². The second kappa shape index (κ2) is 8.96. The average molecular weight is 518 g/mol. The maximum absolute atomic E-state index is 6.51. The van der Waals surface area contributed by atoms with Crippen LogP contribution in [0.5, 0.6) is 5.75 Å². The fourth-order valence-corrected chi connectivity index (χ4v) is 6.08. The van der Waals surface area contributed by atoms with Gasteiger partial charge in [0.2, 0.25) is 0 Å². The molecule has 4 heterocycles. The Bertz CT molecular complexity index is 1500. The number of nitrogens with one attached hydrogen (secondary N) is 1. The zero-order valence-corrected chi connectivity index (χ0v) is 21.0. The van der Waals surface area contributed by atoms with Crippen LogP contribution in [0, 0.1) is 0 Å². The molecule has 0 spiro atoms. The number of hydrogen-bond acceptors (Lipinski definition) is 5. The second-order valence-electron chi connectivity index (χ2n) is 8.08. The molecule has 1 aliphatic rings. The number of anilines is 1. The van der Waals surface area contributed by atoms with Crippen LogP contribution in [0.2, 0.25) is 5.02 Å². The fraction of sp³-hybridized carbons (Fsp3) is 0.115. The number of thiazole rings is 1.